The molecule has 23 heavy (non-hydrogen) atoms. The van der Waals surface area contributed by atoms with E-state index >= 15 is 0 Å². The average Bonchev–Trinajstić information content (AvgIpc) is 2.56. The van der Waals surface area contributed by atoms with Crippen LogP contribution in [0.2, 0.25) is 0 Å². The Kier molecular flexibility index (Phi) is 5.05. The summed E-state index contributed by atoms with van der Waals surface area (Å²) in [5.41, 5.74) is 2.63. The van der Waals surface area contributed by atoms with Crippen LogP contribution in [0.25, 0.3) is 0 Å². The molecular formula is C19H22N2O2. The number of aromatic carboxylic acids is 1. The highest BCUT2D eigenvalue weighted by Gasteiger charge is 2.21. The van der Waals surface area contributed by atoms with Crippen molar-refractivity contribution in [3.63, 3.8) is 0 Å². The second-order valence-electron chi connectivity index (χ2n) is 6.04. The Bertz CT molecular complexity index is 657. The fourth-order valence-corrected chi connectivity index (χ4v) is 3.18. The van der Waals surface area contributed by atoms with Crippen LogP contribution >= 0.6 is 0 Å². The lowest BCUT2D eigenvalue weighted by Crippen LogP contribution is -2.51. The molecular weight excluding hydrogens is 288 g/mol. The van der Waals surface area contributed by atoms with Crippen molar-refractivity contribution in [3.8, 4) is 0 Å². The van der Waals surface area contributed by atoms with E-state index in [4.69, 9.17) is 0 Å². The summed E-state index contributed by atoms with van der Waals surface area (Å²) in [5, 5.41) is 12.9. The zero-order chi connectivity index (χ0) is 16.1. The summed E-state index contributed by atoms with van der Waals surface area (Å²) in [7, 11) is 0. The molecule has 0 radical (unpaired) electrons. The van der Waals surface area contributed by atoms with Crippen LogP contribution in [0.5, 0.6) is 0 Å². The number of hydrogen-bond acceptors (Lipinski definition) is 3. The highest BCUT2D eigenvalue weighted by Crippen LogP contribution is 2.14. The maximum absolute atomic E-state index is 11.3. The number of piperazine rings is 1. The van der Waals surface area contributed by atoms with Gasteiger partial charge in [-0.3, -0.25) is 4.90 Å². The summed E-state index contributed by atoms with van der Waals surface area (Å²) >= 11 is 0. The number of hydrogen-bond donors (Lipinski definition) is 2. The molecule has 0 spiro atoms. The van der Waals surface area contributed by atoms with E-state index in [2.05, 4.69) is 34.5 Å². The summed E-state index contributed by atoms with van der Waals surface area (Å²) in [5.74, 6) is -0.850. The van der Waals surface area contributed by atoms with Crippen LogP contribution in [-0.4, -0.2) is 41.7 Å². The van der Waals surface area contributed by atoms with Crippen LogP contribution in [0, 0.1) is 0 Å². The van der Waals surface area contributed by atoms with Crippen LogP contribution < -0.4 is 5.32 Å². The maximum Gasteiger partial charge on any atom is 0.336 e. The first kappa shape index (κ1) is 15.7. The predicted molar refractivity (Wildman–Crippen MR) is 90.6 cm³/mol. The summed E-state index contributed by atoms with van der Waals surface area (Å²) in [6.07, 6.45) is 0.998. The van der Waals surface area contributed by atoms with E-state index in [0.29, 0.717) is 18.2 Å². The normalized spacial score (nSPS) is 18.7. The van der Waals surface area contributed by atoms with Crippen molar-refractivity contribution in [2.75, 3.05) is 19.6 Å². The molecule has 0 aromatic heterocycles. The van der Waals surface area contributed by atoms with Crippen molar-refractivity contribution in [1.82, 2.24) is 10.2 Å². The molecule has 0 unspecified atom stereocenters. The van der Waals surface area contributed by atoms with Gasteiger partial charge >= 0.3 is 5.97 Å². The largest absolute Gasteiger partial charge is 0.478 e. The summed E-state index contributed by atoms with van der Waals surface area (Å²) in [4.78, 5) is 13.7. The van der Waals surface area contributed by atoms with Gasteiger partial charge in [-0.2, -0.15) is 0 Å². The molecule has 3 rings (SSSR count). The fourth-order valence-electron chi connectivity index (χ4n) is 3.18. The maximum atomic E-state index is 11.3. The Labute approximate surface area is 136 Å². The van der Waals surface area contributed by atoms with E-state index in [0.717, 1.165) is 31.6 Å². The molecule has 1 heterocycles. The highest BCUT2D eigenvalue weighted by molar-refractivity contribution is 5.89. The lowest BCUT2D eigenvalue weighted by atomic mass is 10.0. The number of nitrogens with one attached hydrogen (secondary N) is 1. The Balaban J connectivity index is 1.64. The van der Waals surface area contributed by atoms with E-state index < -0.39 is 5.97 Å². The first-order valence-electron chi connectivity index (χ1n) is 8.03. The Hall–Kier alpha value is -2.17. The minimum absolute atomic E-state index is 0.406. The summed E-state index contributed by atoms with van der Waals surface area (Å²) in [6, 6.07) is 18.2. The van der Waals surface area contributed by atoms with Gasteiger partial charge in [0.25, 0.3) is 0 Å². The van der Waals surface area contributed by atoms with Crippen molar-refractivity contribution >= 4 is 5.97 Å². The molecule has 2 aromatic carbocycles. The number of rotatable bonds is 5. The fraction of sp³-hybridized carbons (Fsp3) is 0.316. The second kappa shape index (κ2) is 7.40. The molecule has 1 aliphatic heterocycles. The van der Waals surface area contributed by atoms with Crippen molar-refractivity contribution in [2.45, 2.75) is 19.0 Å². The zero-order valence-electron chi connectivity index (χ0n) is 13.1. The minimum Gasteiger partial charge on any atom is -0.478 e. The van der Waals surface area contributed by atoms with Gasteiger partial charge in [0.2, 0.25) is 0 Å². The number of nitrogens with zero attached hydrogens (tertiary/aromatic N) is 1. The molecule has 0 saturated carbocycles. The molecule has 0 bridgehead atoms. The van der Waals surface area contributed by atoms with Gasteiger partial charge in [0.05, 0.1) is 5.56 Å². The van der Waals surface area contributed by atoms with E-state index in [1.807, 2.05) is 18.2 Å². The molecule has 4 heteroatoms. The smallest absolute Gasteiger partial charge is 0.336 e. The highest BCUT2D eigenvalue weighted by atomic mass is 16.4. The molecule has 2 aromatic rings. The van der Waals surface area contributed by atoms with Crippen LogP contribution in [0.15, 0.2) is 54.6 Å². The van der Waals surface area contributed by atoms with Crippen molar-refractivity contribution < 1.29 is 9.90 Å². The Morgan fingerprint density at radius 3 is 2.65 bits per heavy atom. The number of benzene rings is 2. The minimum atomic E-state index is -0.850. The van der Waals surface area contributed by atoms with Crippen molar-refractivity contribution in [1.29, 1.82) is 0 Å². The van der Waals surface area contributed by atoms with Gasteiger partial charge in [-0.05, 0) is 23.6 Å². The molecule has 0 aliphatic carbocycles. The number of carbonyl (C=O) groups is 1. The first-order chi connectivity index (χ1) is 11.2. The SMILES string of the molecule is O=C(O)c1ccccc1CN1CCN[C@H](Cc2ccccc2)C1. The van der Waals surface area contributed by atoms with Crippen molar-refractivity contribution in [2.24, 2.45) is 0 Å². The average molecular weight is 310 g/mol. The van der Waals surface area contributed by atoms with Crippen LogP contribution in [0.4, 0.5) is 0 Å². The molecule has 2 N–H and O–H groups in total. The number of carboxylic acids is 1. The topological polar surface area (TPSA) is 52.6 Å². The van der Waals surface area contributed by atoms with E-state index in [-0.39, 0.29) is 0 Å². The molecule has 1 aliphatic rings. The third-order valence-corrected chi connectivity index (χ3v) is 4.31. The van der Waals surface area contributed by atoms with Gasteiger partial charge in [-0.15, -0.1) is 0 Å². The van der Waals surface area contributed by atoms with Crippen LogP contribution in [0.3, 0.4) is 0 Å². The van der Waals surface area contributed by atoms with Crippen LogP contribution in [-0.2, 0) is 13.0 Å². The standard InChI is InChI=1S/C19H22N2O2/c22-19(23)18-9-5-4-8-16(18)13-21-11-10-20-17(14-21)12-15-6-2-1-3-7-15/h1-9,17,20H,10-14H2,(H,22,23)/t17-/m1/s1. The van der Waals surface area contributed by atoms with E-state index in [1.165, 1.54) is 5.56 Å². The summed E-state index contributed by atoms with van der Waals surface area (Å²) in [6.45, 7) is 3.50. The van der Waals surface area contributed by atoms with Crippen molar-refractivity contribution in [3.05, 3.63) is 71.3 Å². The van der Waals surface area contributed by atoms with Gasteiger partial charge < -0.3 is 10.4 Å². The monoisotopic (exact) mass is 310 g/mol. The molecule has 120 valence electrons. The van der Waals surface area contributed by atoms with E-state index in [9.17, 15) is 9.90 Å². The molecule has 4 nitrogen and oxygen atoms in total. The molecule has 0 amide bonds. The number of carboxylic acid groups (broad SMARTS) is 1. The van der Waals surface area contributed by atoms with Gasteiger partial charge in [0.1, 0.15) is 0 Å². The zero-order valence-corrected chi connectivity index (χ0v) is 13.1. The Morgan fingerprint density at radius 1 is 1.13 bits per heavy atom. The third kappa shape index (κ3) is 4.18. The van der Waals surface area contributed by atoms with Crippen LogP contribution in [0.1, 0.15) is 21.5 Å². The summed E-state index contributed by atoms with van der Waals surface area (Å²) < 4.78 is 0. The van der Waals surface area contributed by atoms with Gasteiger partial charge in [0, 0.05) is 32.2 Å². The van der Waals surface area contributed by atoms with Gasteiger partial charge in [-0.25, -0.2) is 4.79 Å². The molecule has 1 atom stereocenters. The predicted octanol–water partition coefficient (Wildman–Crippen LogP) is 2.40. The first-order valence-corrected chi connectivity index (χ1v) is 8.03. The van der Waals surface area contributed by atoms with Gasteiger partial charge in [0.15, 0.2) is 0 Å². The lowest BCUT2D eigenvalue weighted by molar-refractivity contribution is 0.0694. The molecule has 1 saturated heterocycles. The second-order valence-corrected chi connectivity index (χ2v) is 6.04. The lowest BCUT2D eigenvalue weighted by Gasteiger charge is -2.34. The Morgan fingerprint density at radius 2 is 1.87 bits per heavy atom. The third-order valence-electron chi connectivity index (χ3n) is 4.31. The van der Waals surface area contributed by atoms with Gasteiger partial charge in [-0.1, -0.05) is 48.5 Å². The quantitative estimate of drug-likeness (QED) is 0.890. The van der Waals surface area contributed by atoms with E-state index in [1.54, 1.807) is 12.1 Å². The molecule has 1 fully saturated rings.